The summed E-state index contributed by atoms with van der Waals surface area (Å²) in [7, 11) is 0. The standard InChI is InChI=1S/C17H15N3O3S/c1-12(14-8-5-9-15(11-14)20(21)22)24-17-19-18-16(23-17)10-13-6-3-2-4-7-13/h2-9,11-12H,10H2,1H3/t12-/m0/s1. The Hall–Kier alpha value is -2.67. The van der Waals surface area contributed by atoms with Crippen LogP contribution in [0.3, 0.4) is 0 Å². The van der Waals surface area contributed by atoms with Crippen LogP contribution in [-0.2, 0) is 6.42 Å². The summed E-state index contributed by atoms with van der Waals surface area (Å²) in [6.07, 6.45) is 0.583. The van der Waals surface area contributed by atoms with Gasteiger partial charge in [-0.3, -0.25) is 10.1 Å². The maximum Gasteiger partial charge on any atom is 0.277 e. The summed E-state index contributed by atoms with van der Waals surface area (Å²) in [5.74, 6) is 0.551. The molecule has 0 N–H and O–H groups in total. The molecule has 1 atom stereocenters. The molecule has 0 saturated carbocycles. The summed E-state index contributed by atoms with van der Waals surface area (Å²) in [6.45, 7) is 1.95. The van der Waals surface area contributed by atoms with Crippen LogP contribution in [0.2, 0.25) is 0 Å². The van der Waals surface area contributed by atoms with Crippen LogP contribution in [0.4, 0.5) is 5.69 Å². The predicted octanol–water partition coefficient (Wildman–Crippen LogP) is 4.42. The van der Waals surface area contributed by atoms with Gasteiger partial charge in [0.1, 0.15) is 0 Å². The van der Waals surface area contributed by atoms with E-state index in [1.54, 1.807) is 12.1 Å². The van der Waals surface area contributed by atoms with E-state index < -0.39 is 4.92 Å². The van der Waals surface area contributed by atoms with Crippen LogP contribution in [-0.4, -0.2) is 15.1 Å². The van der Waals surface area contributed by atoms with E-state index in [0.717, 1.165) is 11.1 Å². The number of nitrogens with zero attached hydrogens (tertiary/aromatic N) is 3. The van der Waals surface area contributed by atoms with Crippen molar-refractivity contribution in [1.82, 2.24) is 10.2 Å². The summed E-state index contributed by atoms with van der Waals surface area (Å²) >= 11 is 1.39. The second-order valence-corrected chi connectivity index (χ2v) is 6.53. The summed E-state index contributed by atoms with van der Waals surface area (Å²) in [4.78, 5) is 10.5. The second-order valence-electron chi connectivity index (χ2n) is 5.24. The van der Waals surface area contributed by atoms with Crippen LogP contribution in [0.25, 0.3) is 0 Å². The molecular formula is C17H15N3O3S. The Balaban J connectivity index is 1.68. The lowest BCUT2D eigenvalue weighted by atomic mass is 10.1. The van der Waals surface area contributed by atoms with Gasteiger partial charge in [0.15, 0.2) is 0 Å². The van der Waals surface area contributed by atoms with Crippen molar-refractivity contribution in [2.45, 2.75) is 23.8 Å². The highest BCUT2D eigenvalue weighted by Gasteiger charge is 2.16. The molecule has 0 aliphatic heterocycles. The van der Waals surface area contributed by atoms with Crippen LogP contribution in [0.5, 0.6) is 0 Å². The molecule has 3 rings (SSSR count). The lowest BCUT2D eigenvalue weighted by Crippen LogP contribution is -1.92. The van der Waals surface area contributed by atoms with Gasteiger partial charge < -0.3 is 4.42 Å². The lowest BCUT2D eigenvalue weighted by molar-refractivity contribution is -0.384. The molecule has 1 heterocycles. The third kappa shape index (κ3) is 3.99. The zero-order valence-corrected chi connectivity index (χ0v) is 13.8. The van der Waals surface area contributed by atoms with Crippen molar-refractivity contribution in [2.24, 2.45) is 0 Å². The molecule has 24 heavy (non-hydrogen) atoms. The van der Waals surface area contributed by atoms with Gasteiger partial charge in [-0.15, -0.1) is 10.2 Å². The summed E-state index contributed by atoms with van der Waals surface area (Å²) < 4.78 is 5.66. The van der Waals surface area contributed by atoms with Gasteiger partial charge in [-0.1, -0.05) is 54.2 Å². The third-order valence-corrected chi connectivity index (χ3v) is 4.47. The number of non-ortho nitro benzene ring substituents is 1. The van der Waals surface area contributed by atoms with Gasteiger partial charge >= 0.3 is 0 Å². The van der Waals surface area contributed by atoms with E-state index in [9.17, 15) is 10.1 Å². The van der Waals surface area contributed by atoms with Crippen molar-refractivity contribution in [3.05, 3.63) is 81.7 Å². The first-order valence-corrected chi connectivity index (χ1v) is 8.27. The molecule has 0 spiro atoms. The molecule has 122 valence electrons. The molecular weight excluding hydrogens is 326 g/mol. The molecule has 6 nitrogen and oxygen atoms in total. The highest BCUT2D eigenvalue weighted by molar-refractivity contribution is 7.99. The Bertz CT molecular complexity index is 836. The Morgan fingerprint density at radius 2 is 1.96 bits per heavy atom. The van der Waals surface area contributed by atoms with Crippen LogP contribution >= 0.6 is 11.8 Å². The number of nitro benzene ring substituents is 1. The first-order chi connectivity index (χ1) is 11.6. The number of hydrogen-bond donors (Lipinski definition) is 0. The Kier molecular flexibility index (Phi) is 4.90. The Morgan fingerprint density at radius 3 is 2.71 bits per heavy atom. The van der Waals surface area contributed by atoms with E-state index >= 15 is 0 Å². The number of benzene rings is 2. The quantitative estimate of drug-likeness (QED) is 0.375. The van der Waals surface area contributed by atoms with Crippen molar-refractivity contribution < 1.29 is 9.34 Å². The second kappa shape index (κ2) is 7.27. The van der Waals surface area contributed by atoms with Crippen molar-refractivity contribution in [2.75, 3.05) is 0 Å². The largest absolute Gasteiger partial charge is 0.416 e. The smallest absolute Gasteiger partial charge is 0.277 e. The monoisotopic (exact) mass is 341 g/mol. The maximum absolute atomic E-state index is 10.9. The molecule has 0 aliphatic rings. The zero-order valence-electron chi connectivity index (χ0n) is 13.0. The van der Waals surface area contributed by atoms with E-state index in [4.69, 9.17) is 4.42 Å². The van der Waals surface area contributed by atoms with Gasteiger partial charge in [0.2, 0.25) is 5.89 Å². The highest BCUT2D eigenvalue weighted by atomic mass is 32.2. The average molecular weight is 341 g/mol. The van der Waals surface area contributed by atoms with E-state index in [2.05, 4.69) is 10.2 Å². The molecule has 0 unspecified atom stereocenters. The van der Waals surface area contributed by atoms with E-state index in [0.29, 0.717) is 17.5 Å². The number of thioether (sulfide) groups is 1. The molecule has 0 bridgehead atoms. The van der Waals surface area contributed by atoms with E-state index in [1.165, 1.54) is 17.8 Å². The minimum absolute atomic E-state index is 0.0325. The minimum Gasteiger partial charge on any atom is -0.416 e. The molecule has 0 radical (unpaired) electrons. The molecule has 2 aromatic carbocycles. The van der Waals surface area contributed by atoms with Crippen molar-refractivity contribution in [3.63, 3.8) is 0 Å². The summed E-state index contributed by atoms with van der Waals surface area (Å²) in [6, 6.07) is 16.5. The topological polar surface area (TPSA) is 82.1 Å². The number of hydrogen-bond acceptors (Lipinski definition) is 6. The predicted molar refractivity (Wildman–Crippen MR) is 90.9 cm³/mol. The van der Waals surface area contributed by atoms with Gasteiger partial charge in [0.25, 0.3) is 10.9 Å². The number of aromatic nitrogens is 2. The number of rotatable bonds is 6. The fraction of sp³-hybridized carbons (Fsp3) is 0.176. The van der Waals surface area contributed by atoms with Crippen LogP contribution in [0, 0.1) is 10.1 Å². The molecule has 1 aromatic heterocycles. The van der Waals surface area contributed by atoms with Gasteiger partial charge in [-0.2, -0.15) is 0 Å². The summed E-state index contributed by atoms with van der Waals surface area (Å²) in [5.41, 5.74) is 2.02. The molecule has 0 aliphatic carbocycles. The lowest BCUT2D eigenvalue weighted by Gasteiger charge is -2.08. The normalized spacial score (nSPS) is 12.0. The molecule has 7 heteroatoms. The number of nitro groups is 1. The highest BCUT2D eigenvalue weighted by Crippen LogP contribution is 2.35. The molecule has 0 fully saturated rings. The Labute approximate surface area is 143 Å². The van der Waals surface area contributed by atoms with E-state index in [-0.39, 0.29) is 10.9 Å². The fourth-order valence-electron chi connectivity index (χ4n) is 2.24. The molecule has 0 saturated heterocycles. The first kappa shape index (κ1) is 16.2. The van der Waals surface area contributed by atoms with Crippen molar-refractivity contribution in [3.8, 4) is 0 Å². The van der Waals surface area contributed by atoms with Crippen molar-refractivity contribution >= 4 is 17.4 Å². The van der Waals surface area contributed by atoms with Crippen LogP contribution in [0.1, 0.15) is 29.2 Å². The Morgan fingerprint density at radius 1 is 1.17 bits per heavy atom. The zero-order chi connectivity index (χ0) is 16.9. The third-order valence-electron chi connectivity index (χ3n) is 3.47. The van der Waals surface area contributed by atoms with Gasteiger partial charge in [0, 0.05) is 17.4 Å². The van der Waals surface area contributed by atoms with Crippen LogP contribution in [0.15, 0.2) is 64.2 Å². The van der Waals surface area contributed by atoms with Gasteiger partial charge in [-0.25, -0.2) is 0 Å². The minimum atomic E-state index is -0.397. The van der Waals surface area contributed by atoms with Crippen LogP contribution < -0.4 is 0 Å². The summed E-state index contributed by atoms with van der Waals surface area (Å²) in [5, 5.41) is 19.4. The van der Waals surface area contributed by atoms with Gasteiger partial charge in [0.05, 0.1) is 11.3 Å². The fourth-order valence-corrected chi connectivity index (χ4v) is 3.06. The van der Waals surface area contributed by atoms with E-state index in [1.807, 2.05) is 43.3 Å². The average Bonchev–Trinajstić information content (AvgIpc) is 3.02. The maximum atomic E-state index is 10.9. The van der Waals surface area contributed by atoms with Crippen molar-refractivity contribution in [1.29, 1.82) is 0 Å². The molecule has 0 amide bonds. The van der Waals surface area contributed by atoms with Gasteiger partial charge in [-0.05, 0) is 18.1 Å². The SMILES string of the molecule is C[C@H](Sc1nnc(Cc2ccccc2)o1)c1cccc([N+](=O)[O-])c1. The first-order valence-electron chi connectivity index (χ1n) is 7.39. The molecule has 3 aromatic rings.